The van der Waals surface area contributed by atoms with Crippen molar-refractivity contribution in [3.8, 4) is 0 Å². The van der Waals surface area contributed by atoms with Crippen LogP contribution >= 0.6 is 0 Å². The third-order valence-corrected chi connectivity index (χ3v) is 2.74. The first-order chi connectivity index (χ1) is 9.18. The zero-order valence-corrected chi connectivity index (χ0v) is 12.7. The molecular weight excluding hydrogens is 246 g/mol. The predicted molar refractivity (Wildman–Crippen MR) is 76.4 cm³/mol. The average Bonchev–Trinajstić information content (AvgIpc) is 2.39. The first-order valence-electron chi connectivity index (χ1n) is 7.28. The van der Waals surface area contributed by atoms with Crippen molar-refractivity contribution in [2.75, 3.05) is 46.2 Å². The lowest BCUT2D eigenvalue weighted by Crippen LogP contribution is -2.32. The lowest BCUT2D eigenvalue weighted by Gasteiger charge is -2.16. The number of unbranched alkanes of at least 4 members (excludes halogenated alkanes) is 1. The summed E-state index contributed by atoms with van der Waals surface area (Å²) in [6.07, 6.45) is 2.35. The molecule has 2 atom stereocenters. The summed E-state index contributed by atoms with van der Waals surface area (Å²) in [7, 11) is 0. The fourth-order valence-corrected chi connectivity index (χ4v) is 1.23. The van der Waals surface area contributed by atoms with Gasteiger partial charge in [0.25, 0.3) is 0 Å². The Balaban J connectivity index is 3.03. The van der Waals surface area contributed by atoms with E-state index in [0.717, 1.165) is 19.4 Å². The summed E-state index contributed by atoms with van der Waals surface area (Å²) in [6, 6.07) is 0.0519. The standard InChI is InChI=1S/C14H31NO4/c1-4-5-6-16-7-8-17-9-10-18-11-12-19-14(3)13(2)15/h13-14H,4-12,15H2,1-3H3. The van der Waals surface area contributed by atoms with Gasteiger partial charge in [-0.2, -0.15) is 0 Å². The van der Waals surface area contributed by atoms with Gasteiger partial charge in [-0.25, -0.2) is 0 Å². The van der Waals surface area contributed by atoms with Gasteiger partial charge in [0.05, 0.1) is 45.7 Å². The molecule has 0 bridgehead atoms. The van der Waals surface area contributed by atoms with Gasteiger partial charge in [0.1, 0.15) is 0 Å². The van der Waals surface area contributed by atoms with Crippen LogP contribution < -0.4 is 5.73 Å². The van der Waals surface area contributed by atoms with Crippen LogP contribution in [0.15, 0.2) is 0 Å². The minimum atomic E-state index is 0.0519. The number of hydrogen-bond acceptors (Lipinski definition) is 5. The smallest absolute Gasteiger partial charge is 0.0704 e. The molecule has 0 aromatic carbocycles. The van der Waals surface area contributed by atoms with Gasteiger partial charge in [0, 0.05) is 12.6 Å². The minimum Gasteiger partial charge on any atom is -0.379 e. The van der Waals surface area contributed by atoms with Crippen LogP contribution in [0.2, 0.25) is 0 Å². The monoisotopic (exact) mass is 277 g/mol. The van der Waals surface area contributed by atoms with Crippen molar-refractivity contribution in [1.82, 2.24) is 0 Å². The molecule has 0 aromatic heterocycles. The molecule has 2 unspecified atom stereocenters. The third kappa shape index (κ3) is 14.0. The van der Waals surface area contributed by atoms with Gasteiger partial charge in [-0.15, -0.1) is 0 Å². The molecule has 0 aliphatic carbocycles. The Morgan fingerprint density at radius 2 is 1.26 bits per heavy atom. The fraction of sp³-hybridized carbons (Fsp3) is 1.00. The summed E-state index contributed by atoms with van der Waals surface area (Å²) >= 11 is 0. The van der Waals surface area contributed by atoms with E-state index in [9.17, 15) is 0 Å². The Hall–Kier alpha value is -0.200. The van der Waals surface area contributed by atoms with Crippen LogP contribution in [0.25, 0.3) is 0 Å². The van der Waals surface area contributed by atoms with Crippen molar-refractivity contribution in [1.29, 1.82) is 0 Å². The number of ether oxygens (including phenoxy) is 4. The lowest BCUT2D eigenvalue weighted by atomic mass is 10.2. The van der Waals surface area contributed by atoms with E-state index in [2.05, 4.69) is 6.92 Å². The van der Waals surface area contributed by atoms with Gasteiger partial charge < -0.3 is 24.7 Å². The molecule has 19 heavy (non-hydrogen) atoms. The van der Waals surface area contributed by atoms with Crippen LogP contribution in [0.5, 0.6) is 0 Å². The second-order valence-electron chi connectivity index (χ2n) is 4.63. The normalized spacial score (nSPS) is 14.5. The second kappa shape index (κ2) is 14.2. The topological polar surface area (TPSA) is 62.9 Å². The summed E-state index contributed by atoms with van der Waals surface area (Å²) in [5, 5.41) is 0. The summed E-state index contributed by atoms with van der Waals surface area (Å²) in [4.78, 5) is 0. The SMILES string of the molecule is CCCCOCCOCCOCCOC(C)C(C)N. The molecule has 0 fully saturated rings. The summed E-state index contributed by atoms with van der Waals surface area (Å²) in [5.74, 6) is 0. The maximum Gasteiger partial charge on any atom is 0.0704 e. The highest BCUT2D eigenvalue weighted by molar-refractivity contribution is 4.61. The minimum absolute atomic E-state index is 0.0519. The van der Waals surface area contributed by atoms with Gasteiger partial charge in [-0.1, -0.05) is 13.3 Å². The molecule has 0 aromatic rings. The molecule has 0 amide bonds. The lowest BCUT2D eigenvalue weighted by molar-refractivity contribution is -0.0187. The first-order valence-corrected chi connectivity index (χ1v) is 7.28. The van der Waals surface area contributed by atoms with Crippen LogP contribution in [0.1, 0.15) is 33.6 Å². The van der Waals surface area contributed by atoms with Gasteiger partial charge in [0.2, 0.25) is 0 Å². The largest absolute Gasteiger partial charge is 0.379 e. The van der Waals surface area contributed by atoms with Crippen molar-refractivity contribution < 1.29 is 18.9 Å². The van der Waals surface area contributed by atoms with E-state index in [1.54, 1.807) is 0 Å². The van der Waals surface area contributed by atoms with E-state index >= 15 is 0 Å². The highest BCUT2D eigenvalue weighted by Crippen LogP contribution is 1.94. The molecule has 116 valence electrons. The fourth-order valence-electron chi connectivity index (χ4n) is 1.23. The molecule has 5 heteroatoms. The van der Waals surface area contributed by atoms with Crippen LogP contribution in [-0.2, 0) is 18.9 Å². The van der Waals surface area contributed by atoms with E-state index in [4.69, 9.17) is 24.7 Å². The maximum atomic E-state index is 5.68. The van der Waals surface area contributed by atoms with Crippen molar-refractivity contribution in [2.45, 2.75) is 45.8 Å². The van der Waals surface area contributed by atoms with Gasteiger partial charge >= 0.3 is 0 Å². The third-order valence-electron chi connectivity index (χ3n) is 2.74. The Labute approximate surface area is 117 Å². The first kappa shape index (κ1) is 18.8. The quantitative estimate of drug-likeness (QED) is 0.489. The van der Waals surface area contributed by atoms with Gasteiger partial charge in [-0.05, 0) is 20.3 Å². The van der Waals surface area contributed by atoms with Crippen LogP contribution in [0.3, 0.4) is 0 Å². The van der Waals surface area contributed by atoms with Crippen molar-refractivity contribution in [2.24, 2.45) is 5.73 Å². The number of rotatable bonds is 14. The molecule has 0 saturated carbocycles. The second-order valence-corrected chi connectivity index (χ2v) is 4.63. The Bertz CT molecular complexity index is 179. The summed E-state index contributed by atoms with van der Waals surface area (Å²) in [6.45, 7) is 10.5. The summed E-state index contributed by atoms with van der Waals surface area (Å²) < 4.78 is 21.6. The molecule has 0 rings (SSSR count). The average molecular weight is 277 g/mol. The van der Waals surface area contributed by atoms with Crippen molar-refractivity contribution in [3.05, 3.63) is 0 Å². The highest BCUT2D eigenvalue weighted by atomic mass is 16.6. The number of hydrogen-bond donors (Lipinski definition) is 1. The van der Waals surface area contributed by atoms with Crippen LogP contribution in [-0.4, -0.2) is 58.4 Å². The maximum absolute atomic E-state index is 5.68. The van der Waals surface area contributed by atoms with E-state index in [1.165, 1.54) is 0 Å². The highest BCUT2D eigenvalue weighted by Gasteiger charge is 2.06. The van der Waals surface area contributed by atoms with E-state index in [-0.39, 0.29) is 12.1 Å². The van der Waals surface area contributed by atoms with E-state index < -0.39 is 0 Å². The molecule has 0 spiro atoms. The van der Waals surface area contributed by atoms with Gasteiger partial charge in [0.15, 0.2) is 0 Å². The molecule has 0 heterocycles. The van der Waals surface area contributed by atoms with E-state index in [0.29, 0.717) is 39.6 Å². The molecule has 0 radical (unpaired) electrons. The Morgan fingerprint density at radius 3 is 1.74 bits per heavy atom. The zero-order chi connectivity index (χ0) is 14.3. The van der Waals surface area contributed by atoms with Crippen LogP contribution in [0, 0.1) is 0 Å². The molecule has 5 nitrogen and oxygen atoms in total. The van der Waals surface area contributed by atoms with E-state index in [1.807, 2.05) is 13.8 Å². The molecular formula is C14H31NO4. The molecule has 0 aliphatic rings. The van der Waals surface area contributed by atoms with Crippen molar-refractivity contribution >= 4 is 0 Å². The Morgan fingerprint density at radius 1 is 0.789 bits per heavy atom. The Kier molecular flexibility index (Phi) is 14.1. The van der Waals surface area contributed by atoms with Gasteiger partial charge in [-0.3, -0.25) is 0 Å². The molecule has 0 saturated heterocycles. The summed E-state index contributed by atoms with van der Waals surface area (Å²) in [5.41, 5.74) is 5.68. The molecule has 0 aliphatic heterocycles. The predicted octanol–water partition coefficient (Wildman–Crippen LogP) is 1.59. The number of nitrogens with two attached hydrogens (primary N) is 1. The zero-order valence-electron chi connectivity index (χ0n) is 12.7. The molecule has 2 N–H and O–H groups in total. The van der Waals surface area contributed by atoms with Crippen molar-refractivity contribution in [3.63, 3.8) is 0 Å². The van der Waals surface area contributed by atoms with Crippen LogP contribution in [0.4, 0.5) is 0 Å².